The van der Waals surface area contributed by atoms with Gasteiger partial charge in [-0.1, -0.05) is 0 Å². The fourth-order valence-corrected chi connectivity index (χ4v) is 3.13. The van der Waals surface area contributed by atoms with Crippen molar-refractivity contribution in [1.29, 1.82) is 0 Å². The second kappa shape index (κ2) is 5.07. The van der Waals surface area contributed by atoms with E-state index >= 15 is 0 Å². The van der Waals surface area contributed by atoms with Crippen molar-refractivity contribution in [2.45, 2.75) is 25.3 Å². The van der Waals surface area contributed by atoms with Gasteiger partial charge >= 0.3 is 0 Å². The molecular formula is C13H16N2O3S. The van der Waals surface area contributed by atoms with Crippen LogP contribution in [0.25, 0.3) is 0 Å². The quantitative estimate of drug-likeness (QED) is 0.838. The SMILES string of the molecule is Cc1cc(N)cc(S(=O)(=O)NCc2ccco2)c1C. The maximum absolute atomic E-state index is 12.2. The van der Waals surface area contributed by atoms with Crippen molar-refractivity contribution in [2.24, 2.45) is 0 Å². The third-order valence-corrected chi connectivity index (χ3v) is 4.48. The molecule has 0 radical (unpaired) electrons. The van der Waals surface area contributed by atoms with Crippen LogP contribution in [0.1, 0.15) is 16.9 Å². The van der Waals surface area contributed by atoms with Crippen LogP contribution in [-0.4, -0.2) is 8.42 Å². The van der Waals surface area contributed by atoms with Crippen molar-refractivity contribution in [1.82, 2.24) is 4.72 Å². The molecule has 0 spiro atoms. The first-order valence-electron chi connectivity index (χ1n) is 5.79. The van der Waals surface area contributed by atoms with Gasteiger partial charge in [0.1, 0.15) is 5.76 Å². The molecule has 0 bridgehead atoms. The number of hydrogen-bond acceptors (Lipinski definition) is 4. The minimum Gasteiger partial charge on any atom is -0.468 e. The zero-order valence-corrected chi connectivity index (χ0v) is 11.6. The molecule has 0 aliphatic carbocycles. The Morgan fingerprint density at radius 3 is 2.68 bits per heavy atom. The Kier molecular flexibility index (Phi) is 3.64. The second-order valence-corrected chi connectivity index (χ2v) is 6.10. The van der Waals surface area contributed by atoms with E-state index in [1.807, 2.05) is 6.92 Å². The number of sulfonamides is 1. The summed E-state index contributed by atoms with van der Waals surface area (Å²) in [5, 5.41) is 0. The lowest BCUT2D eigenvalue weighted by atomic mass is 10.1. The summed E-state index contributed by atoms with van der Waals surface area (Å²) >= 11 is 0. The lowest BCUT2D eigenvalue weighted by molar-refractivity contribution is 0.498. The predicted octanol–water partition coefficient (Wildman–Crippen LogP) is 1.96. The maximum Gasteiger partial charge on any atom is 0.241 e. The van der Waals surface area contributed by atoms with Crippen LogP contribution in [0, 0.1) is 13.8 Å². The van der Waals surface area contributed by atoms with Crippen LogP contribution in [0.15, 0.2) is 39.8 Å². The third kappa shape index (κ3) is 2.97. The minimum atomic E-state index is -3.60. The molecule has 0 unspecified atom stereocenters. The number of nitrogens with two attached hydrogens (primary N) is 1. The number of hydrogen-bond donors (Lipinski definition) is 2. The number of nitrogens with one attached hydrogen (secondary N) is 1. The van der Waals surface area contributed by atoms with Crippen molar-refractivity contribution in [3.63, 3.8) is 0 Å². The summed E-state index contributed by atoms with van der Waals surface area (Å²) in [6.07, 6.45) is 1.50. The van der Waals surface area contributed by atoms with E-state index in [0.29, 0.717) is 17.0 Å². The largest absolute Gasteiger partial charge is 0.468 e. The number of rotatable bonds is 4. The maximum atomic E-state index is 12.2. The highest BCUT2D eigenvalue weighted by molar-refractivity contribution is 7.89. The van der Waals surface area contributed by atoms with Crippen LogP contribution in [0.3, 0.4) is 0 Å². The number of anilines is 1. The number of nitrogen functional groups attached to an aromatic ring is 1. The normalized spacial score (nSPS) is 11.7. The second-order valence-electron chi connectivity index (χ2n) is 4.36. The molecular weight excluding hydrogens is 264 g/mol. The van der Waals surface area contributed by atoms with Crippen LogP contribution in [-0.2, 0) is 16.6 Å². The summed E-state index contributed by atoms with van der Waals surface area (Å²) in [5.74, 6) is 0.557. The molecule has 6 heteroatoms. The van der Waals surface area contributed by atoms with Crippen LogP contribution in [0.2, 0.25) is 0 Å². The van der Waals surface area contributed by atoms with Gasteiger partial charge in [0.25, 0.3) is 0 Å². The molecule has 0 aliphatic heterocycles. The van der Waals surface area contributed by atoms with Crippen molar-refractivity contribution in [3.8, 4) is 0 Å². The van der Waals surface area contributed by atoms with Gasteiger partial charge in [0.2, 0.25) is 10.0 Å². The highest BCUT2D eigenvalue weighted by Gasteiger charge is 2.18. The summed E-state index contributed by atoms with van der Waals surface area (Å²) in [7, 11) is -3.60. The molecule has 2 aromatic rings. The van der Waals surface area contributed by atoms with Gasteiger partial charge in [0.15, 0.2) is 0 Å². The fourth-order valence-electron chi connectivity index (χ4n) is 1.79. The minimum absolute atomic E-state index is 0.114. The van der Waals surface area contributed by atoms with Crippen molar-refractivity contribution < 1.29 is 12.8 Å². The first-order chi connectivity index (χ1) is 8.90. The van der Waals surface area contributed by atoms with E-state index in [1.54, 1.807) is 25.1 Å². The van der Waals surface area contributed by atoms with Gasteiger partial charge in [-0.15, -0.1) is 0 Å². The molecule has 0 saturated heterocycles. The van der Waals surface area contributed by atoms with E-state index < -0.39 is 10.0 Å². The van der Waals surface area contributed by atoms with Crippen molar-refractivity contribution in [2.75, 3.05) is 5.73 Å². The van der Waals surface area contributed by atoms with Gasteiger partial charge in [-0.25, -0.2) is 13.1 Å². The van der Waals surface area contributed by atoms with Crippen molar-refractivity contribution in [3.05, 3.63) is 47.4 Å². The molecule has 1 aromatic carbocycles. The standard InChI is InChI=1S/C13H16N2O3S/c1-9-6-11(14)7-13(10(9)2)19(16,17)15-8-12-4-3-5-18-12/h3-7,15H,8,14H2,1-2H3. The van der Waals surface area contributed by atoms with Crippen LogP contribution >= 0.6 is 0 Å². The molecule has 19 heavy (non-hydrogen) atoms. The number of aryl methyl sites for hydroxylation is 1. The first-order valence-corrected chi connectivity index (χ1v) is 7.27. The highest BCUT2D eigenvalue weighted by atomic mass is 32.2. The van der Waals surface area contributed by atoms with Gasteiger partial charge in [0, 0.05) is 5.69 Å². The van der Waals surface area contributed by atoms with E-state index in [-0.39, 0.29) is 11.4 Å². The zero-order chi connectivity index (χ0) is 14.0. The average Bonchev–Trinajstić information content (AvgIpc) is 2.84. The molecule has 0 atom stereocenters. The molecule has 102 valence electrons. The van der Waals surface area contributed by atoms with Gasteiger partial charge in [-0.2, -0.15) is 0 Å². The Morgan fingerprint density at radius 2 is 2.05 bits per heavy atom. The molecule has 1 aromatic heterocycles. The summed E-state index contributed by atoms with van der Waals surface area (Å²) in [4.78, 5) is 0.205. The zero-order valence-electron chi connectivity index (χ0n) is 10.8. The average molecular weight is 280 g/mol. The Bertz CT molecular complexity index is 676. The Balaban J connectivity index is 2.29. The molecule has 0 saturated carbocycles. The molecule has 3 N–H and O–H groups in total. The number of furan rings is 1. The predicted molar refractivity (Wildman–Crippen MR) is 73.1 cm³/mol. The Morgan fingerprint density at radius 1 is 1.32 bits per heavy atom. The Labute approximate surface area is 112 Å². The Hall–Kier alpha value is -1.79. The summed E-state index contributed by atoms with van der Waals surface area (Å²) in [6, 6.07) is 6.63. The molecule has 2 rings (SSSR count). The molecule has 1 heterocycles. The van der Waals surface area contributed by atoms with E-state index in [0.717, 1.165) is 5.56 Å². The molecule has 0 amide bonds. The molecule has 0 aliphatic rings. The topological polar surface area (TPSA) is 85.3 Å². The smallest absolute Gasteiger partial charge is 0.241 e. The lowest BCUT2D eigenvalue weighted by Crippen LogP contribution is -2.24. The van der Waals surface area contributed by atoms with Crippen molar-refractivity contribution >= 4 is 15.7 Å². The van der Waals surface area contributed by atoms with Gasteiger partial charge in [-0.05, 0) is 49.2 Å². The summed E-state index contributed by atoms with van der Waals surface area (Å²) < 4.78 is 32.1. The van der Waals surface area contributed by atoms with Gasteiger partial charge < -0.3 is 10.2 Å². The molecule has 0 fully saturated rings. The van der Waals surface area contributed by atoms with Gasteiger partial charge in [0.05, 0.1) is 17.7 Å². The number of benzene rings is 1. The fraction of sp³-hybridized carbons (Fsp3) is 0.231. The lowest BCUT2D eigenvalue weighted by Gasteiger charge is -2.11. The third-order valence-electron chi connectivity index (χ3n) is 2.95. The van der Waals surface area contributed by atoms with Crippen LogP contribution in [0.5, 0.6) is 0 Å². The first kappa shape index (κ1) is 13.6. The van der Waals surface area contributed by atoms with Crippen LogP contribution in [0.4, 0.5) is 5.69 Å². The van der Waals surface area contributed by atoms with Gasteiger partial charge in [-0.3, -0.25) is 0 Å². The van der Waals surface area contributed by atoms with E-state index in [9.17, 15) is 8.42 Å². The van der Waals surface area contributed by atoms with E-state index in [1.165, 1.54) is 12.3 Å². The molecule has 5 nitrogen and oxygen atoms in total. The van der Waals surface area contributed by atoms with Crippen LogP contribution < -0.4 is 10.5 Å². The van der Waals surface area contributed by atoms with E-state index in [4.69, 9.17) is 10.2 Å². The van der Waals surface area contributed by atoms with E-state index in [2.05, 4.69) is 4.72 Å². The monoisotopic (exact) mass is 280 g/mol. The highest BCUT2D eigenvalue weighted by Crippen LogP contribution is 2.22. The summed E-state index contributed by atoms with van der Waals surface area (Å²) in [6.45, 7) is 3.70. The summed E-state index contributed by atoms with van der Waals surface area (Å²) in [5.41, 5.74) is 7.68.